The van der Waals surface area contributed by atoms with Gasteiger partial charge >= 0.3 is 5.97 Å². The highest BCUT2D eigenvalue weighted by Crippen LogP contribution is 2.23. The third-order valence-corrected chi connectivity index (χ3v) is 3.52. The van der Waals surface area contributed by atoms with E-state index in [1.807, 2.05) is 45.0 Å². The number of carbonyl (C=O) groups excluding carboxylic acids is 1. The number of hydrogen-bond acceptors (Lipinski definition) is 3. The van der Waals surface area contributed by atoms with E-state index in [2.05, 4.69) is 21.2 Å². The molecule has 0 radical (unpaired) electrons. The summed E-state index contributed by atoms with van der Waals surface area (Å²) in [5, 5.41) is 3.30. The molecule has 1 N–H and O–H groups in total. The first-order valence-corrected chi connectivity index (χ1v) is 7.06. The van der Waals surface area contributed by atoms with Crippen molar-refractivity contribution in [2.45, 2.75) is 39.3 Å². The number of carbonyl (C=O) groups is 1. The van der Waals surface area contributed by atoms with E-state index < -0.39 is 0 Å². The van der Waals surface area contributed by atoms with Crippen molar-refractivity contribution in [2.24, 2.45) is 0 Å². The minimum absolute atomic E-state index is 0.0925. The lowest BCUT2D eigenvalue weighted by molar-refractivity contribution is -0.146. The number of benzene rings is 1. The number of rotatable bonds is 6. The number of hydrogen-bond donors (Lipinski definition) is 1. The standard InChI is InChI=1S/C14H20BrNO2/c1-4-13(14(17)18-5-2)16-10(3)11-8-6-7-9-12(11)15/h6-10,13,16H,4-5H2,1-3H3/t10-,13?/m1/s1. The Kier molecular flexibility index (Phi) is 6.36. The molecule has 1 unspecified atom stereocenters. The Balaban J connectivity index is 2.70. The fourth-order valence-electron chi connectivity index (χ4n) is 1.81. The molecule has 0 heterocycles. The topological polar surface area (TPSA) is 38.3 Å². The highest BCUT2D eigenvalue weighted by Gasteiger charge is 2.20. The van der Waals surface area contributed by atoms with Gasteiger partial charge in [0.15, 0.2) is 0 Å². The highest BCUT2D eigenvalue weighted by atomic mass is 79.9. The molecule has 1 rings (SSSR count). The van der Waals surface area contributed by atoms with Crippen LogP contribution in [0.4, 0.5) is 0 Å². The Labute approximate surface area is 117 Å². The first kappa shape index (κ1) is 15.2. The zero-order valence-electron chi connectivity index (χ0n) is 11.1. The minimum Gasteiger partial charge on any atom is -0.465 e. The Morgan fingerprint density at radius 1 is 1.39 bits per heavy atom. The zero-order chi connectivity index (χ0) is 13.5. The van der Waals surface area contributed by atoms with Crippen LogP contribution in [0.25, 0.3) is 0 Å². The van der Waals surface area contributed by atoms with Crippen molar-refractivity contribution in [1.82, 2.24) is 5.32 Å². The maximum absolute atomic E-state index is 11.7. The predicted molar refractivity (Wildman–Crippen MR) is 76.4 cm³/mol. The predicted octanol–water partition coefficient (Wildman–Crippen LogP) is 3.44. The van der Waals surface area contributed by atoms with Gasteiger partial charge in [-0.3, -0.25) is 10.1 Å². The van der Waals surface area contributed by atoms with Crippen molar-refractivity contribution in [2.75, 3.05) is 6.61 Å². The molecule has 0 aliphatic rings. The summed E-state index contributed by atoms with van der Waals surface area (Å²) in [5.41, 5.74) is 1.14. The van der Waals surface area contributed by atoms with E-state index >= 15 is 0 Å². The molecule has 3 nitrogen and oxygen atoms in total. The highest BCUT2D eigenvalue weighted by molar-refractivity contribution is 9.10. The Hall–Kier alpha value is -0.870. The molecule has 0 bridgehead atoms. The van der Waals surface area contributed by atoms with Gasteiger partial charge in [-0.25, -0.2) is 0 Å². The van der Waals surface area contributed by atoms with Crippen molar-refractivity contribution in [3.05, 3.63) is 34.3 Å². The molecule has 0 aliphatic carbocycles. The van der Waals surface area contributed by atoms with Crippen molar-refractivity contribution in [3.63, 3.8) is 0 Å². The summed E-state index contributed by atoms with van der Waals surface area (Å²) in [6.45, 7) is 6.26. The molecule has 0 saturated carbocycles. The smallest absolute Gasteiger partial charge is 0.323 e. The first-order chi connectivity index (χ1) is 8.60. The molecule has 0 amide bonds. The van der Waals surface area contributed by atoms with Crippen molar-refractivity contribution in [3.8, 4) is 0 Å². The van der Waals surface area contributed by atoms with Crippen LogP contribution in [0.1, 0.15) is 38.8 Å². The van der Waals surface area contributed by atoms with E-state index in [0.29, 0.717) is 13.0 Å². The molecule has 0 spiro atoms. The average molecular weight is 314 g/mol. The second-order valence-electron chi connectivity index (χ2n) is 4.12. The van der Waals surface area contributed by atoms with Crippen LogP contribution in [0, 0.1) is 0 Å². The third kappa shape index (κ3) is 4.10. The molecule has 2 atom stereocenters. The summed E-state index contributed by atoms with van der Waals surface area (Å²) in [6.07, 6.45) is 0.716. The van der Waals surface area contributed by atoms with Gasteiger partial charge in [-0.2, -0.15) is 0 Å². The average Bonchev–Trinajstić information content (AvgIpc) is 2.36. The first-order valence-electron chi connectivity index (χ1n) is 6.27. The normalized spacial score (nSPS) is 14.0. The van der Waals surface area contributed by atoms with Gasteiger partial charge in [0, 0.05) is 10.5 Å². The molecule has 18 heavy (non-hydrogen) atoms. The number of esters is 1. The summed E-state index contributed by atoms with van der Waals surface area (Å²) >= 11 is 3.52. The van der Waals surface area contributed by atoms with Crippen LogP contribution in [-0.2, 0) is 9.53 Å². The second-order valence-corrected chi connectivity index (χ2v) is 4.98. The molecule has 100 valence electrons. The lowest BCUT2D eigenvalue weighted by Crippen LogP contribution is -2.39. The van der Waals surface area contributed by atoms with Gasteiger partial charge in [-0.1, -0.05) is 41.1 Å². The quantitative estimate of drug-likeness (QED) is 0.818. The molecular formula is C14H20BrNO2. The molecule has 0 aliphatic heterocycles. The summed E-state index contributed by atoms with van der Waals surface area (Å²) in [6, 6.07) is 7.84. The summed E-state index contributed by atoms with van der Waals surface area (Å²) in [7, 11) is 0. The van der Waals surface area contributed by atoms with Crippen LogP contribution in [-0.4, -0.2) is 18.6 Å². The number of nitrogens with one attached hydrogen (secondary N) is 1. The van der Waals surface area contributed by atoms with Gasteiger partial charge in [0.2, 0.25) is 0 Å². The maximum Gasteiger partial charge on any atom is 0.323 e. The van der Waals surface area contributed by atoms with Crippen LogP contribution in [0.5, 0.6) is 0 Å². The van der Waals surface area contributed by atoms with E-state index in [1.165, 1.54) is 0 Å². The van der Waals surface area contributed by atoms with E-state index in [4.69, 9.17) is 4.74 Å². The zero-order valence-corrected chi connectivity index (χ0v) is 12.7. The van der Waals surface area contributed by atoms with E-state index in [9.17, 15) is 4.79 Å². The van der Waals surface area contributed by atoms with E-state index in [1.54, 1.807) is 0 Å². The Bertz CT molecular complexity index is 395. The molecule has 0 saturated heterocycles. The lowest BCUT2D eigenvalue weighted by atomic mass is 10.1. The van der Waals surface area contributed by atoms with Gasteiger partial charge in [0.05, 0.1) is 6.61 Å². The minimum atomic E-state index is -0.257. The van der Waals surface area contributed by atoms with Gasteiger partial charge in [-0.15, -0.1) is 0 Å². The monoisotopic (exact) mass is 313 g/mol. The fraction of sp³-hybridized carbons (Fsp3) is 0.500. The lowest BCUT2D eigenvalue weighted by Gasteiger charge is -2.22. The Morgan fingerprint density at radius 2 is 2.06 bits per heavy atom. The van der Waals surface area contributed by atoms with Gasteiger partial charge in [0.1, 0.15) is 6.04 Å². The molecular weight excluding hydrogens is 294 g/mol. The van der Waals surface area contributed by atoms with E-state index in [0.717, 1.165) is 10.0 Å². The molecule has 4 heteroatoms. The number of halogens is 1. The van der Waals surface area contributed by atoms with Crippen LogP contribution < -0.4 is 5.32 Å². The van der Waals surface area contributed by atoms with Crippen LogP contribution in [0.3, 0.4) is 0 Å². The van der Waals surface area contributed by atoms with Crippen LogP contribution in [0.2, 0.25) is 0 Å². The SMILES string of the molecule is CCOC(=O)C(CC)N[C@H](C)c1ccccc1Br. The van der Waals surface area contributed by atoms with Gasteiger partial charge < -0.3 is 4.74 Å². The Morgan fingerprint density at radius 3 is 2.61 bits per heavy atom. The summed E-state index contributed by atoms with van der Waals surface area (Å²) in [4.78, 5) is 11.7. The van der Waals surface area contributed by atoms with Gasteiger partial charge in [-0.05, 0) is 31.9 Å². The molecule has 1 aromatic carbocycles. The molecule has 0 fully saturated rings. The third-order valence-electron chi connectivity index (χ3n) is 2.80. The summed E-state index contributed by atoms with van der Waals surface area (Å²) < 4.78 is 6.09. The van der Waals surface area contributed by atoms with Crippen molar-refractivity contribution in [1.29, 1.82) is 0 Å². The van der Waals surface area contributed by atoms with Crippen molar-refractivity contribution < 1.29 is 9.53 Å². The van der Waals surface area contributed by atoms with Crippen LogP contribution >= 0.6 is 15.9 Å². The molecule has 1 aromatic rings. The maximum atomic E-state index is 11.7. The summed E-state index contributed by atoms with van der Waals surface area (Å²) in [5.74, 6) is -0.182. The van der Waals surface area contributed by atoms with Crippen molar-refractivity contribution >= 4 is 21.9 Å². The van der Waals surface area contributed by atoms with Gasteiger partial charge in [0.25, 0.3) is 0 Å². The molecule has 0 aromatic heterocycles. The largest absolute Gasteiger partial charge is 0.465 e. The van der Waals surface area contributed by atoms with Crippen LogP contribution in [0.15, 0.2) is 28.7 Å². The second kappa shape index (κ2) is 7.54. The number of ether oxygens (including phenoxy) is 1. The fourth-order valence-corrected chi connectivity index (χ4v) is 2.44. The van der Waals surface area contributed by atoms with E-state index in [-0.39, 0.29) is 18.1 Å².